The lowest BCUT2D eigenvalue weighted by Crippen LogP contribution is -2.13. The van der Waals surface area contributed by atoms with Crippen LogP contribution in [0.5, 0.6) is 0 Å². The SMILES string of the molecule is NC(=O)c1cccc2nccc(C(=O)O)c12. The lowest BCUT2D eigenvalue weighted by molar-refractivity contribution is 0.0699. The first-order valence-electron chi connectivity index (χ1n) is 4.52. The number of pyridine rings is 1. The maximum absolute atomic E-state index is 11.2. The van der Waals surface area contributed by atoms with Crippen molar-refractivity contribution in [3.05, 3.63) is 41.6 Å². The molecule has 0 atom stereocenters. The zero-order chi connectivity index (χ0) is 11.7. The predicted octanol–water partition coefficient (Wildman–Crippen LogP) is 1.03. The molecule has 0 saturated heterocycles. The molecule has 0 aliphatic carbocycles. The highest BCUT2D eigenvalue weighted by Gasteiger charge is 2.14. The third kappa shape index (κ3) is 1.48. The molecular formula is C11H8N2O3. The molecule has 0 unspecified atom stereocenters. The first-order chi connectivity index (χ1) is 7.61. The van der Waals surface area contributed by atoms with Gasteiger partial charge in [0.15, 0.2) is 0 Å². The van der Waals surface area contributed by atoms with Crippen molar-refractivity contribution < 1.29 is 14.7 Å². The number of aromatic nitrogens is 1. The van der Waals surface area contributed by atoms with Crippen LogP contribution in [0.3, 0.4) is 0 Å². The summed E-state index contributed by atoms with van der Waals surface area (Å²) < 4.78 is 0. The van der Waals surface area contributed by atoms with Gasteiger partial charge in [0, 0.05) is 17.1 Å². The van der Waals surface area contributed by atoms with Gasteiger partial charge in [0.1, 0.15) is 0 Å². The number of aromatic carboxylic acids is 1. The van der Waals surface area contributed by atoms with E-state index in [9.17, 15) is 9.59 Å². The fraction of sp³-hybridized carbons (Fsp3) is 0. The summed E-state index contributed by atoms with van der Waals surface area (Å²) in [5.74, 6) is -1.78. The second-order valence-corrected chi connectivity index (χ2v) is 3.23. The summed E-state index contributed by atoms with van der Waals surface area (Å²) in [4.78, 5) is 26.2. The normalized spacial score (nSPS) is 10.2. The second-order valence-electron chi connectivity index (χ2n) is 3.23. The Morgan fingerprint density at radius 1 is 1.19 bits per heavy atom. The standard InChI is InChI=1S/C11H8N2O3/c12-10(14)6-2-1-3-8-9(6)7(11(15)16)4-5-13-8/h1-5H,(H2,12,14)(H,15,16). The van der Waals surface area contributed by atoms with Gasteiger partial charge >= 0.3 is 5.97 Å². The number of carbonyl (C=O) groups excluding carboxylic acids is 1. The van der Waals surface area contributed by atoms with Crippen LogP contribution in [0, 0.1) is 0 Å². The maximum Gasteiger partial charge on any atom is 0.336 e. The Bertz CT molecular complexity index is 544. The minimum atomic E-state index is -1.11. The molecule has 0 fully saturated rings. The minimum absolute atomic E-state index is 0.0272. The van der Waals surface area contributed by atoms with Crippen molar-refractivity contribution in [2.24, 2.45) is 5.73 Å². The number of carboxylic acid groups (broad SMARTS) is 1. The molecule has 1 aromatic heterocycles. The Kier molecular flexibility index (Phi) is 2.28. The molecule has 1 aromatic carbocycles. The van der Waals surface area contributed by atoms with E-state index in [-0.39, 0.29) is 16.5 Å². The Morgan fingerprint density at radius 3 is 2.56 bits per heavy atom. The maximum atomic E-state index is 11.2. The number of fused-ring (bicyclic) bond motifs is 1. The summed E-state index contributed by atoms with van der Waals surface area (Å²) in [6.45, 7) is 0. The van der Waals surface area contributed by atoms with Gasteiger partial charge in [0.05, 0.1) is 11.1 Å². The van der Waals surface area contributed by atoms with Crippen LogP contribution in [0.15, 0.2) is 30.5 Å². The molecule has 0 saturated carbocycles. The Labute approximate surface area is 90.5 Å². The Morgan fingerprint density at radius 2 is 1.94 bits per heavy atom. The average Bonchev–Trinajstić information content (AvgIpc) is 2.27. The van der Waals surface area contributed by atoms with E-state index in [2.05, 4.69) is 4.98 Å². The predicted molar refractivity (Wildman–Crippen MR) is 57.2 cm³/mol. The molecule has 80 valence electrons. The molecule has 2 rings (SSSR count). The molecular weight excluding hydrogens is 208 g/mol. The van der Waals surface area contributed by atoms with E-state index in [4.69, 9.17) is 10.8 Å². The van der Waals surface area contributed by atoms with Gasteiger partial charge in [-0.1, -0.05) is 6.07 Å². The lowest BCUT2D eigenvalue weighted by atomic mass is 10.0. The highest BCUT2D eigenvalue weighted by atomic mass is 16.4. The average molecular weight is 216 g/mol. The van der Waals surface area contributed by atoms with Crippen LogP contribution in [-0.4, -0.2) is 22.0 Å². The molecule has 1 heterocycles. The summed E-state index contributed by atoms with van der Waals surface area (Å²) in [7, 11) is 0. The van der Waals surface area contributed by atoms with E-state index in [0.29, 0.717) is 5.52 Å². The van der Waals surface area contributed by atoms with Gasteiger partial charge in [-0.2, -0.15) is 0 Å². The van der Waals surface area contributed by atoms with Crippen molar-refractivity contribution in [1.82, 2.24) is 4.98 Å². The number of amides is 1. The highest BCUT2D eigenvalue weighted by molar-refractivity contribution is 6.12. The summed E-state index contributed by atoms with van der Waals surface area (Å²) in [6, 6.07) is 6.07. The fourth-order valence-corrected chi connectivity index (χ4v) is 1.59. The van der Waals surface area contributed by atoms with E-state index >= 15 is 0 Å². The van der Waals surface area contributed by atoms with Gasteiger partial charge in [0.2, 0.25) is 5.91 Å². The largest absolute Gasteiger partial charge is 0.478 e. The molecule has 0 bridgehead atoms. The van der Waals surface area contributed by atoms with Crippen molar-refractivity contribution in [1.29, 1.82) is 0 Å². The van der Waals surface area contributed by atoms with E-state index < -0.39 is 11.9 Å². The summed E-state index contributed by atoms with van der Waals surface area (Å²) in [5.41, 5.74) is 5.83. The van der Waals surface area contributed by atoms with E-state index in [1.165, 1.54) is 18.3 Å². The molecule has 5 nitrogen and oxygen atoms in total. The number of carbonyl (C=O) groups is 2. The quantitative estimate of drug-likeness (QED) is 0.784. The van der Waals surface area contributed by atoms with Crippen molar-refractivity contribution in [2.75, 3.05) is 0 Å². The number of nitrogens with two attached hydrogens (primary N) is 1. The van der Waals surface area contributed by atoms with Gasteiger partial charge in [-0.25, -0.2) is 4.79 Å². The van der Waals surface area contributed by atoms with Gasteiger partial charge in [0.25, 0.3) is 0 Å². The number of rotatable bonds is 2. The van der Waals surface area contributed by atoms with Crippen LogP contribution in [0.25, 0.3) is 10.9 Å². The molecule has 3 N–H and O–H groups in total. The van der Waals surface area contributed by atoms with E-state index in [0.717, 1.165) is 0 Å². The number of carboxylic acids is 1. The zero-order valence-corrected chi connectivity index (χ0v) is 8.18. The Balaban J connectivity index is 2.92. The zero-order valence-electron chi connectivity index (χ0n) is 8.18. The van der Waals surface area contributed by atoms with Crippen LogP contribution < -0.4 is 5.73 Å². The topological polar surface area (TPSA) is 93.3 Å². The Hall–Kier alpha value is -2.43. The fourth-order valence-electron chi connectivity index (χ4n) is 1.59. The van der Waals surface area contributed by atoms with E-state index in [1.807, 2.05) is 0 Å². The molecule has 0 radical (unpaired) electrons. The van der Waals surface area contributed by atoms with Gasteiger partial charge < -0.3 is 10.8 Å². The van der Waals surface area contributed by atoms with E-state index in [1.54, 1.807) is 12.1 Å². The smallest absolute Gasteiger partial charge is 0.336 e. The number of hydrogen-bond donors (Lipinski definition) is 2. The van der Waals surface area contributed by atoms with Crippen LogP contribution >= 0.6 is 0 Å². The molecule has 0 aliphatic heterocycles. The molecule has 16 heavy (non-hydrogen) atoms. The van der Waals surface area contributed by atoms with Crippen molar-refractivity contribution >= 4 is 22.8 Å². The number of nitrogens with zero attached hydrogens (tertiary/aromatic N) is 1. The van der Waals surface area contributed by atoms with Gasteiger partial charge in [-0.05, 0) is 18.2 Å². The first kappa shape index (κ1) is 10.1. The van der Waals surface area contributed by atoms with Crippen LogP contribution in [-0.2, 0) is 0 Å². The highest BCUT2D eigenvalue weighted by Crippen LogP contribution is 2.20. The molecule has 0 aliphatic rings. The third-order valence-electron chi connectivity index (χ3n) is 2.26. The summed E-state index contributed by atoms with van der Waals surface area (Å²) in [6.07, 6.45) is 1.39. The number of hydrogen-bond acceptors (Lipinski definition) is 3. The van der Waals surface area contributed by atoms with Crippen LogP contribution in [0.2, 0.25) is 0 Å². The summed E-state index contributed by atoms with van der Waals surface area (Å²) in [5, 5.41) is 9.29. The second kappa shape index (κ2) is 3.62. The number of primary amides is 1. The molecule has 5 heteroatoms. The molecule has 1 amide bonds. The van der Waals surface area contributed by atoms with Crippen molar-refractivity contribution in [3.63, 3.8) is 0 Å². The van der Waals surface area contributed by atoms with Gasteiger partial charge in [-0.3, -0.25) is 9.78 Å². The van der Waals surface area contributed by atoms with Crippen molar-refractivity contribution in [3.8, 4) is 0 Å². The monoisotopic (exact) mass is 216 g/mol. The third-order valence-corrected chi connectivity index (χ3v) is 2.26. The van der Waals surface area contributed by atoms with Crippen molar-refractivity contribution in [2.45, 2.75) is 0 Å². The van der Waals surface area contributed by atoms with Crippen LogP contribution in [0.4, 0.5) is 0 Å². The molecule has 0 spiro atoms. The number of benzene rings is 1. The minimum Gasteiger partial charge on any atom is -0.478 e. The first-order valence-corrected chi connectivity index (χ1v) is 4.52. The van der Waals surface area contributed by atoms with Crippen LogP contribution in [0.1, 0.15) is 20.7 Å². The molecule has 2 aromatic rings. The summed E-state index contributed by atoms with van der Waals surface area (Å²) >= 11 is 0. The van der Waals surface area contributed by atoms with Gasteiger partial charge in [-0.15, -0.1) is 0 Å². The lowest BCUT2D eigenvalue weighted by Gasteiger charge is -2.05.